The van der Waals surface area contributed by atoms with E-state index in [1.807, 2.05) is 4.90 Å². The topological polar surface area (TPSA) is 65.5 Å². The van der Waals surface area contributed by atoms with Gasteiger partial charge in [-0.3, -0.25) is 5.41 Å². The summed E-state index contributed by atoms with van der Waals surface area (Å²) in [5.41, 5.74) is 5.39. The van der Waals surface area contributed by atoms with Crippen LogP contribution in [0.25, 0.3) is 0 Å². The first-order valence-electron chi connectivity index (χ1n) is 3.28. The Balaban J connectivity index is 2.25. The fourth-order valence-electron chi connectivity index (χ4n) is 0.992. The number of hydrogen-bond donors (Lipinski definition) is 2. The van der Waals surface area contributed by atoms with Crippen molar-refractivity contribution < 1.29 is 0 Å². The van der Waals surface area contributed by atoms with Gasteiger partial charge in [0.2, 0.25) is 5.96 Å². The number of nitrogens with zero attached hydrogens (tertiary/aromatic N) is 2. The van der Waals surface area contributed by atoms with Crippen LogP contribution in [0, 0.1) is 11.3 Å². The van der Waals surface area contributed by atoms with Crippen LogP contribution in [0.3, 0.4) is 0 Å². The molecule has 0 radical (unpaired) electrons. The summed E-state index contributed by atoms with van der Waals surface area (Å²) in [6.45, 7) is 5.71. The van der Waals surface area contributed by atoms with Crippen molar-refractivity contribution in [3.63, 3.8) is 0 Å². The molecular formula is C6H12N4. The molecule has 3 N–H and O–H groups in total. The highest BCUT2D eigenvalue weighted by molar-refractivity contribution is 5.81. The number of hydrogen-bond acceptors (Lipinski definition) is 2. The summed E-state index contributed by atoms with van der Waals surface area (Å²) in [7, 11) is 0. The lowest BCUT2D eigenvalue weighted by atomic mass is 10.0. The zero-order chi connectivity index (χ0) is 7.56. The molecule has 0 aromatic carbocycles. The molecule has 10 heavy (non-hydrogen) atoms. The van der Waals surface area contributed by atoms with Crippen molar-refractivity contribution in [1.29, 1.82) is 5.41 Å². The molecule has 1 rings (SSSR count). The number of nitrogens with two attached hydrogens (primary N) is 1. The average Bonchev–Trinajstić information content (AvgIpc) is 1.85. The third-order valence-corrected chi connectivity index (χ3v) is 1.74. The summed E-state index contributed by atoms with van der Waals surface area (Å²) in [5.74, 6) is 0.826. The molecule has 1 aliphatic heterocycles. The minimum atomic E-state index is 0.268. The minimum absolute atomic E-state index is 0.268. The van der Waals surface area contributed by atoms with Gasteiger partial charge in [0, 0.05) is 19.0 Å². The molecule has 0 bridgehead atoms. The van der Waals surface area contributed by atoms with Gasteiger partial charge in [0.15, 0.2) is 0 Å². The molecule has 1 fully saturated rings. The van der Waals surface area contributed by atoms with Crippen LogP contribution in [0.2, 0.25) is 0 Å². The van der Waals surface area contributed by atoms with E-state index in [2.05, 4.69) is 11.7 Å². The molecule has 1 saturated heterocycles. The smallest absolute Gasteiger partial charge is 0.217 e. The van der Waals surface area contributed by atoms with Crippen molar-refractivity contribution in [1.82, 2.24) is 4.90 Å². The Morgan fingerprint density at radius 1 is 1.80 bits per heavy atom. The average molecular weight is 140 g/mol. The monoisotopic (exact) mass is 140 g/mol. The van der Waals surface area contributed by atoms with E-state index in [9.17, 15) is 0 Å². The molecule has 56 valence electrons. The van der Waals surface area contributed by atoms with Crippen LogP contribution in [-0.4, -0.2) is 37.2 Å². The van der Waals surface area contributed by atoms with Crippen molar-refractivity contribution >= 4 is 12.7 Å². The van der Waals surface area contributed by atoms with Gasteiger partial charge in [0.05, 0.1) is 0 Å². The fraction of sp³-hybridized carbons (Fsp3) is 0.667. The highest BCUT2D eigenvalue weighted by Gasteiger charge is 2.26. The second-order valence-corrected chi connectivity index (χ2v) is 2.49. The third-order valence-electron chi connectivity index (χ3n) is 1.74. The first kappa shape index (κ1) is 7.21. The lowest BCUT2D eigenvalue weighted by Crippen LogP contribution is -2.51. The molecule has 4 nitrogen and oxygen atoms in total. The number of rotatable bonds is 1. The van der Waals surface area contributed by atoms with Crippen LogP contribution in [-0.2, 0) is 0 Å². The number of nitrogens with one attached hydrogen (secondary N) is 1. The van der Waals surface area contributed by atoms with Crippen LogP contribution < -0.4 is 5.73 Å². The lowest BCUT2D eigenvalue weighted by molar-refractivity contribution is 0.191. The van der Waals surface area contributed by atoms with Gasteiger partial charge in [-0.05, 0) is 13.3 Å². The van der Waals surface area contributed by atoms with Crippen molar-refractivity contribution in [2.75, 3.05) is 19.6 Å². The van der Waals surface area contributed by atoms with Gasteiger partial charge in [-0.15, -0.1) is 0 Å². The van der Waals surface area contributed by atoms with E-state index >= 15 is 0 Å². The Kier molecular flexibility index (Phi) is 2.01. The second-order valence-electron chi connectivity index (χ2n) is 2.49. The first-order chi connectivity index (χ1) is 4.77. The maximum atomic E-state index is 7.22. The van der Waals surface area contributed by atoms with Crippen molar-refractivity contribution in [2.24, 2.45) is 16.6 Å². The van der Waals surface area contributed by atoms with Crippen LogP contribution >= 0.6 is 0 Å². The van der Waals surface area contributed by atoms with Crippen LogP contribution in [0.15, 0.2) is 4.99 Å². The Hall–Kier alpha value is -0.900. The fourth-order valence-corrected chi connectivity index (χ4v) is 0.992. The SMILES string of the molecule is C=NC(=N)N1CC(CN)C1. The normalized spacial score (nSPS) is 18.3. The zero-order valence-electron chi connectivity index (χ0n) is 5.88. The Labute approximate surface area is 60.2 Å². The van der Waals surface area contributed by atoms with Crippen LogP contribution in [0.5, 0.6) is 0 Å². The lowest BCUT2D eigenvalue weighted by Gasteiger charge is -2.38. The minimum Gasteiger partial charge on any atom is -0.341 e. The van der Waals surface area contributed by atoms with Crippen molar-refractivity contribution in [3.05, 3.63) is 0 Å². The van der Waals surface area contributed by atoms with E-state index in [1.54, 1.807) is 0 Å². The summed E-state index contributed by atoms with van der Waals surface area (Å²) < 4.78 is 0. The molecule has 0 amide bonds. The Morgan fingerprint density at radius 2 is 2.40 bits per heavy atom. The summed E-state index contributed by atoms with van der Waals surface area (Å²) in [6, 6.07) is 0. The van der Waals surface area contributed by atoms with Crippen molar-refractivity contribution in [2.45, 2.75) is 0 Å². The predicted molar refractivity (Wildman–Crippen MR) is 41.4 cm³/mol. The number of guanidine groups is 1. The molecule has 0 saturated carbocycles. The Bertz CT molecular complexity index is 148. The van der Waals surface area contributed by atoms with Crippen LogP contribution in [0.1, 0.15) is 0 Å². The van der Waals surface area contributed by atoms with E-state index < -0.39 is 0 Å². The molecule has 1 aliphatic rings. The van der Waals surface area contributed by atoms with Crippen LogP contribution in [0.4, 0.5) is 0 Å². The number of aliphatic imine (C=N–C) groups is 1. The van der Waals surface area contributed by atoms with Gasteiger partial charge in [0.1, 0.15) is 0 Å². The molecule has 0 aliphatic carbocycles. The van der Waals surface area contributed by atoms with Gasteiger partial charge in [-0.1, -0.05) is 0 Å². The van der Waals surface area contributed by atoms with E-state index in [4.69, 9.17) is 11.1 Å². The molecule has 0 aromatic heterocycles. The van der Waals surface area contributed by atoms with Gasteiger partial charge < -0.3 is 10.6 Å². The summed E-state index contributed by atoms with van der Waals surface area (Å²) in [4.78, 5) is 5.35. The van der Waals surface area contributed by atoms with E-state index in [0.29, 0.717) is 12.5 Å². The first-order valence-corrected chi connectivity index (χ1v) is 3.28. The zero-order valence-corrected chi connectivity index (χ0v) is 5.88. The second kappa shape index (κ2) is 2.79. The van der Waals surface area contributed by atoms with E-state index in [0.717, 1.165) is 13.1 Å². The standard InChI is InChI=1S/C6H12N4/c1-9-6(8)10-3-5(2-7)4-10/h5,8H,1-4,7H2. The highest BCUT2D eigenvalue weighted by Crippen LogP contribution is 2.13. The van der Waals surface area contributed by atoms with Gasteiger partial charge in [-0.2, -0.15) is 0 Å². The number of likely N-dealkylation sites (tertiary alicyclic amines) is 1. The molecule has 0 atom stereocenters. The quantitative estimate of drug-likeness (QED) is 0.381. The molecular weight excluding hydrogens is 128 g/mol. The molecule has 0 aromatic rings. The molecule has 0 unspecified atom stereocenters. The largest absolute Gasteiger partial charge is 0.341 e. The summed E-state index contributed by atoms with van der Waals surface area (Å²) in [5, 5.41) is 7.22. The molecule has 1 heterocycles. The maximum Gasteiger partial charge on any atom is 0.217 e. The maximum absolute atomic E-state index is 7.22. The van der Waals surface area contributed by atoms with E-state index in [1.165, 1.54) is 0 Å². The van der Waals surface area contributed by atoms with Gasteiger partial charge in [0.25, 0.3) is 0 Å². The molecule has 0 spiro atoms. The molecule has 4 heteroatoms. The predicted octanol–water partition coefficient (Wildman–Crippen LogP) is -0.488. The Morgan fingerprint density at radius 3 is 2.80 bits per heavy atom. The van der Waals surface area contributed by atoms with Gasteiger partial charge in [-0.25, -0.2) is 4.99 Å². The summed E-state index contributed by atoms with van der Waals surface area (Å²) >= 11 is 0. The van der Waals surface area contributed by atoms with Gasteiger partial charge >= 0.3 is 0 Å². The highest BCUT2D eigenvalue weighted by atomic mass is 15.3. The third kappa shape index (κ3) is 1.16. The van der Waals surface area contributed by atoms with E-state index in [-0.39, 0.29) is 5.96 Å². The summed E-state index contributed by atoms with van der Waals surface area (Å²) in [6.07, 6.45) is 0. The van der Waals surface area contributed by atoms with Crippen molar-refractivity contribution in [3.8, 4) is 0 Å².